The Bertz CT molecular complexity index is 759. The quantitative estimate of drug-likeness (QED) is 0.849. The number of nitrogens with one attached hydrogen (secondary N) is 1. The highest BCUT2D eigenvalue weighted by atomic mass is 35.5. The van der Waals surface area contributed by atoms with E-state index in [4.69, 9.17) is 5.73 Å². The maximum Gasteiger partial charge on any atom is 0.249 e. The molecule has 3 N–H and O–H groups in total. The van der Waals surface area contributed by atoms with E-state index in [-0.39, 0.29) is 24.2 Å². The third-order valence-corrected chi connectivity index (χ3v) is 4.24. The van der Waals surface area contributed by atoms with Gasteiger partial charge in [0.1, 0.15) is 12.1 Å². The first kappa shape index (κ1) is 19.0. The molecule has 1 fully saturated rings. The van der Waals surface area contributed by atoms with E-state index in [1.54, 1.807) is 29.0 Å². The molecule has 1 aliphatic rings. The Morgan fingerprint density at radius 2 is 2.04 bits per heavy atom. The molecule has 2 atom stereocenters. The van der Waals surface area contributed by atoms with E-state index in [0.717, 1.165) is 16.8 Å². The number of benzene rings is 1. The van der Waals surface area contributed by atoms with Crippen molar-refractivity contribution in [1.82, 2.24) is 15.1 Å². The molecular formula is C17H22ClN5O2. The fourth-order valence-corrected chi connectivity index (χ4v) is 2.80. The molecule has 2 aromatic rings. The summed E-state index contributed by atoms with van der Waals surface area (Å²) in [6, 6.07) is 6.15. The van der Waals surface area contributed by atoms with Gasteiger partial charge in [-0.25, -0.2) is 0 Å². The number of aromatic nitrogens is 2. The van der Waals surface area contributed by atoms with Crippen LogP contribution < -0.4 is 16.0 Å². The fourth-order valence-electron chi connectivity index (χ4n) is 2.80. The van der Waals surface area contributed by atoms with E-state index < -0.39 is 12.1 Å². The van der Waals surface area contributed by atoms with Gasteiger partial charge in [0.05, 0.1) is 11.9 Å². The third-order valence-electron chi connectivity index (χ3n) is 4.24. The maximum atomic E-state index is 12.5. The number of carbonyl (C=O) groups is 2. The number of anilines is 1. The molecule has 134 valence electrons. The van der Waals surface area contributed by atoms with Crippen LogP contribution >= 0.6 is 12.4 Å². The van der Waals surface area contributed by atoms with Crippen LogP contribution in [0.3, 0.4) is 0 Å². The number of hydrogen-bond acceptors (Lipinski definition) is 4. The SMILES string of the molecule is Cc1ccc(C(N)C(=O)NC2CCN(c3cnn(C)c3)C2=O)cc1.Cl. The minimum atomic E-state index is -0.786. The summed E-state index contributed by atoms with van der Waals surface area (Å²) in [6.07, 6.45) is 3.97. The summed E-state index contributed by atoms with van der Waals surface area (Å²) in [5, 5.41) is 6.84. The van der Waals surface area contributed by atoms with Gasteiger partial charge in [-0.3, -0.25) is 14.3 Å². The lowest BCUT2D eigenvalue weighted by Gasteiger charge is -2.17. The number of aryl methyl sites for hydroxylation is 2. The molecule has 8 heteroatoms. The second-order valence-corrected chi connectivity index (χ2v) is 6.10. The second kappa shape index (κ2) is 7.67. The van der Waals surface area contributed by atoms with Crippen LogP contribution in [0.25, 0.3) is 0 Å². The molecule has 2 unspecified atom stereocenters. The lowest BCUT2D eigenvalue weighted by Crippen LogP contribution is -2.45. The number of halogens is 1. The Labute approximate surface area is 152 Å². The zero-order chi connectivity index (χ0) is 17.3. The van der Waals surface area contributed by atoms with Crippen molar-refractivity contribution >= 4 is 29.9 Å². The highest BCUT2D eigenvalue weighted by molar-refractivity contribution is 6.01. The Balaban J connectivity index is 0.00000225. The van der Waals surface area contributed by atoms with E-state index in [1.807, 2.05) is 31.2 Å². The van der Waals surface area contributed by atoms with Crippen molar-refractivity contribution in [3.8, 4) is 0 Å². The minimum Gasteiger partial charge on any atom is -0.343 e. The molecule has 3 rings (SSSR count). The molecule has 7 nitrogen and oxygen atoms in total. The zero-order valence-corrected chi connectivity index (χ0v) is 15.0. The summed E-state index contributed by atoms with van der Waals surface area (Å²) in [6.45, 7) is 2.52. The zero-order valence-electron chi connectivity index (χ0n) is 14.2. The van der Waals surface area contributed by atoms with Crippen molar-refractivity contribution in [1.29, 1.82) is 0 Å². The van der Waals surface area contributed by atoms with E-state index in [2.05, 4.69) is 10.4 Å². The van der Waals surface area contributed by atoms with Crippen LogP contribution in [0, 0.1) is 6.92 Å². The van der Waals surface area contributed by atoms with Crippen molar-refractivity contribution in [2.45, 2.75) is 25.4 Å². The summed E-state index contributed by atoms with van der Waals surface area (Å²) in [4.78, 5) is 26.5. The van der Waals surface area contributed by atoms with Crippen molar-refractivity contribution in [3.05, 3.63) is 47.8 Å². The van der Waals surface area contributed by atoms with Crippen LogP contribution in [0.15, 0.2) is 36.7 Å². The molecule has 1 aliphatic heterocycles. The Morgan fingerprint density at radius 1 is 1.36 bits per heavy atom. The summed E-state index contributed by atoms with van der Waals surface area (Å²) >= 11 is 0. The molecule has 1 aromatic carbocycles. The first-order chi connectivity index (χ1) is 11.5. The van der Waals surface area contributed by atoms with Gasteiger partial charge < -0.3 is 16.0 Å². The topological polar surface area (TPSA) is 93.2 Å². The molecule has 1 aromatic heterocycles. The summed E-state index contributed by atoms with van der Waals surface area (Å²) < 4.78 is 1.64. The normalized spacial score (nSPS) is 18.0. The summed E-state index contributed by atoms with van der Waals surface area (Å²) in [5.74, 6) is -0.474. The maximum absolute atomic E-state index is 12.5. The van der Waals surface area contributed by atoms with Crippen LogP contribution in [0.4, 0.5) is 5.69 Å². The van der Waals surface area contributed by atoms with Gasteiger partial charge in [0.2, 0.25) is 11.8 Å². The van der Waals surface area contributed by atoms with Gasteiger partial charge >= 0.3 is 0 Å². The number of amides is 2. The average Bonchev–Trinajstić information content (AvgIpc) is 3.14. The van der Waals surface area contributed by atoms with E-state index in [9.17, 15) is 9.59 Å². The first-order valence-corrected chi connectivity index (χ1v) is 7.88. The minimum absolute atomic E-state index is 0. The largest absolute Gasteiger partial charge is 0.343 e. The molecule has 0 spiro atoms. The molecule has 0 bridgehead atoms. The number of nitrogens with zero attached hydrogens (tertiary/aromatic N) is 3. The first-order valence-electron chi connectivity index (χ1n) is 7.88. The lowest BCUT2D eigenvalue weighted by molar-refractivity contribution is -0.127. The molecule has 0 aliphatic carbocycles. The van der Waals surface area contributed by atoms with Gasteiger partial charge in [-0.2, -0.15) is 5.10 Å². The van der Waals surface area contributed by atoms with Crippen LogP contribution in [0.5, 0.6) is 0 Å². The van der Waals surface area contributed by atoms with Crippen molar-refractivity contribution in [3.63, 3.8) is 0 Å². The monoisotopic (exact) mass is 363 g/mol. The number of carbonyl (C=O) groups excluding carboxylic acids is 2. The van der Waals surface area contributed by atoms with Gasteiger partial charge in [0.15, 0.2) is 0 Å². The number of hydrogen-bond donors (Lipinski definition) is 2. The van der Waals surface area contributed by atoms with E-state index in [1.165, 1.54) is 0 Å². The van der Waals surface area contributed by atoms with Crippen molar-refractivity contribution < 1.29 is 9.59 Å². The Kier molecular flexibility index (Phi) is 5.81. The molecule has 2 amide bonds. The van der Waals surface area contributed by atoms with Gasteiger partial charge in [0, 0.05) is 19.8 Å². The van der Waals surface area contributed by atoms with Gasteiger partial charge in [-0.15, -0.1) is 12.4 Å². The molecule has 0 radical (unpaired) electrons. The Hall–Kier alpha value is -2.38. The highest BCUT2D eigenvalue weighted by Gasteiger charge is 2.35. The lowest BCUT2D eigenvalue weighted by atomic mass is 10.0. The Morgan fingerprint density at radius 3 is 2.64 bits per heavy atom. The summed E-state index contributed by atoms with van der Waals surface area (Å²) in [7, 11) is 1.80. The van der Waals surface area contributed by atoms with Crippen LogP contribution in [0.1, 0.15) is 23.6 Å². The van der Waals surface area contributed by atoms with E-state index >= 15 is 0 Å². The predicted octanol–water partition coefficient (Wildman–Crippen LogP) is 1.07. The van der Waals surface area contributed by atoms with Gasteiger partial charge in [0.25, 0.3) is 0 Å². The fraction of sp³-hybridized carbons (Fsp3) is 0.353. The number of nitrogens with two attached hydrogens (primary N) is 1. The second-order valence-electron chi connectivity index (χ2n) is 6.10. The molecule has 2 heterocycles. The van der Waals surface area contributed by atoms with Crippen molar-refractivity contribution in [2.75, 3.05) is 11.4 Å². The summed E-state index contributed by atoms with van der Waals surface area (Å²) in [5.41, 5.74) is 8.58. The standard InChI is InChI=1S/C17H21N5O2.ClH/c1-11-3-5-12(6-4-11)15(18)16(23)20-14-7-8-22(17(14)24)13-9-19-21(2)10-13;/h3-6,9-10,14-15H,7-8,18H2,1-2H3,(H,20,23);1H. The van der Waals surface area contributed by atoms with Crippen LogP contribution in [-0.2, 0) is 16.6 Å². The van der Waals surface area contributed by atoms with Crippen molar-refractivity contribution in [2.24, 2.45) is 12.8 Å². The van der Waals surface area contributed by atoms with Crippen LogP contribution in [0.2, 0.25) is 0 Å². The average molecular weight is 364 g/mol. The highest BCUT2D eigenvalue weighted by Crippen LogP contribution is 2.21. The smallest absolute Gasteiger partial charge is 0.249 e. The van der Waals surface area contributed by atoms with Crippen LogP contribution in [-0.4, -0.2) is 34.2 Å². The predicted molar refractivity (Wildman–Crippen MR) is 97.5 cm³/mol. The van der Waals surface area contributed by atoms with Gasteiger partial charge in [-0.05, 0) is 18.9 Å². The molecule has 0 saturated carbocycles. The van der Waals surface area contributed by atoms with Gasteiger partial charge in [-0.1, -0.05) is 29.8 Å². The number of rotatable bonds is 4. The molecular weight excluding hydrogens is 342 g/mol. The molecule has 1 saturated heterocycles. The third kappa shape index (κ3) is 4.00. The van der Waals surface area contributed by atoms with E-state index in [0.29, 0.717) is 13.0 Å². The molecule has 25 heavy (non-hydrogen) atoms.